The van der Waals surface area contributed by atoms with Gasteiger partial charge in [0.1, 0.15) is 34.9 Å². The molecule has 4 heterocycles. The second-order valence-electron chi connectivity index (χ2n) is 11.9. The fourth-order valence-electron chi connectivity index (χ4n) is 6.72. The second kappa shape index (κ2) is 12.9. The number of H-pyrrole nitrogens is 1. The summed E-state index contributed by atoms with van der Waals surface area (Å²) in [5, 5.41) is 20.9. The molecule has 1 aliphatic rings. The number of imidazole rings is 1. The molecule has 0 spiro atoms. The summed E-state index contributed by atoms with van der Waals surface area (Å²) in [5.41, 5.74) is 2.59. The molecule has 4 atom stereocenters. The van der Waals surface area contributed by atoms with Gasteiger partial charge in [-0.05, 0) is 53.1 Å². The summed E-state index contributed by atoms with van der Waals surface area (Å²) in [6.07, 6.45) is -0.786. The Kier molecular flexibility index (Phi) is 8.07. The maximum atomic E-state index is 12.4. The van der Waals surface area contributed by atoms with Crippen molar-refractivity contribution in [1.29, 1.82) is 0 Å². The highest BCUT2D eigenvalue weighted by molar-refractivity contribution is 5.74. The van der Waals surface area contributed by atoms with Gasteiger partial charge in [0.25, 0.3) is 5.56 Å². The molecule has 13 heteroatoms. The highest BCUT2D eigenvalue weighted by Crippen LogP contribution is 2.47. The van der Waals surface area contributed by atoms with Gasteiger partial charge in [-0.15, -0.1) is 5.10 Å². The molecule has 3 aromatic heterocycles. The lowest BCUT2D eigenvalue weighted by Gasteiger charge is -2.40. The van der Waals surface area contributed by atoms with Crippen LogP contribution < -0.4 is 15.0 Å². The lowest BCUT2D eigenvalue weighted by molar-refractivity contribution is -0.178. The van der Waals surface area contributed by atoms with E-state index in [1.807, 2.05) is 103 Å². The zero-order valence-electron chi connectivity index (χ0n) is 27.2. The van der Waals surface area contributed by atoms with Crippen molar-refractivity contribution in [2.24, 2.45) is 0 Å². The maximum absolute atomic E-state index is 12.4. The van der Waals surface area contributed by atoms with Crippen LogP contribution in [0, 0.1) is 0 Å². The number of aliphatic hydroxyl groups excluding tert-OH is 1. The first-order valence-electron chi connectivity index (χ1n) is 16.1. The van der Waals surface area contributed by atoms with Gasteiger partial charge in [0.2, 0.25) is 0 Å². The van der Waals surface area contributed by atoms with Gasteiger partial charge in [0.05, 0.1) is 38.5 Å². The summed E-state index contributed by atoms with van der Waals surface area (Å²) in [5.74, 6) is 1.36. The number of hydrogen-bond acceptors (Lipinski definition) is 10. The van der Waals surface area contributed by atoms with Gasteiger partial charge in [0, 0.05) is 6.42 Å². The number of benzene rings is 4. The van der Waals surface area contributed by atoms with Crippen LogP contribution in [-0.2, 0) is 15.1 Å². The van der Waals surface area contributed by atoms with Gasteiger partial charge in [-0.1, -0.05) is 71.9 Å². The first-order chi connectivity index (χ1) is 24.5. The number of methoxy groups -OCH3 is 2. The van der Waals surface area contributed by atoms with Crippen LogP contribution in [0.5, 0.6) is 11.5 Å². The van der Waals surface area contributed by atoms with E-state index in [1.165, 1.54) is 12.7 Å². The van der Waals surface area contributed by atoms with Gasteiger partial charge < -0.3 is 29.0 Å². The molecule has 1 fully saturated rings. The number of ether oxygens (including phenoxy) is 4. The summed E-state index contributed by atoms with van der Waals surface area (Å²) in [6, 6.07) is 32.8. The van der Waals surface area contributed by atoms with E-state index < -0.39 is 30.3 Å². The van der Waals surface area contributed by atoms with Crippen LogP contribution >= 0.6 is 0 Å². The Balaban J connectivity index is 1.33. The summed E-state index contributed by atoms with van der Waals surface area (Å²) in [6.45, 7) is 0. The third kappa shape index (κ3) is 5.28. The molecule has 7 aromatic rings. The van der Waals surface area contributed by atoms with Crippen molar-refractivity contribution in [3.63, 3.8) is 0 Å². The summed E-state index contributed by atoms with van der Waals surface area (Å²) >= 11 is 0. The standard InChI is InChI=1S/C37H33N7O6/c1-47-26-16-12-24(13-17-26)37(23-8-4-3-5-9-23,25-14-18-27(48-2)19-15-25)50-36(44-29-11-7-6-10-28(29)41-42-44)33-30(45)20-31(49-33)43-22-40-32-34(43)38-21-39-35(32)46/h3-19,21-22,30-31,33,36,45H,20H2,1-2H3,(H,38,39,46)/t30-,31+,33-,36?/m0/s1. The van der Waals surface area contributed by atoms with Crippen molar-refractivity contribution in [3.05, 3.63) is 143 Å². The highest BCUT2D eigenvalue weighted by Gasteiger charge is 2.48. The molecule has 0 aliphatic carbocycles. The van der Waals surface area contributed by atoms with E-state index in [9.17, 15) is 9.90 Å². The third-order valence-electron chi connectivity index (χ3n) is 9.18. The number of aromatic amines is 1. The number of aromatic nitrogens is 7. The van der Waals surface area contributed by atoms with Gasteiger partial charge in [0.15, 0.2) is 17.4 Å². The van der Waals surface area contributed by atoms with Crippen LogP contribution in [0.4, 0.5) is 0 Å². The number of para-hydroxylation sites is 1. The number of nitrogens with zero attached hydrogens (tertiary/aromatic N) is 6. The smallest absolute Gasteiger partial charge is 0.278 e. The summed E-state index contributed by atoms with van der Waals surface area (Å²) < 4.78 is 28.6. The van der Waals surface area contributed by atoms with E-state index in [4.69, 9.17) is 18.9 Å². The highest BCUT2D eigenvalue weighted by atomic mass is 16.6. The molecule has 8 rings (SSSR count). The Bertz CT molecular complexity index is 2260. The normalized spacial score (nSPS) is 18.4. The van der Waals surface area contributed by atoms with E-state index in [0.29, 0.717) is 28.2 Å². The minimum absolute atomic E-state index is 0.167. The predicted octanol–water partition coefficient (Wildman–Crippen LogP) is 4.74. The summed E-state index contributed by atoms with van der Waals surface area (Å²) in [7, 11) is 3.24. The molecule has 0 bridgehead atoms. The van der Waals surface area contributed by atoms with Crippen LogP contribution in [0.25, 0.3) is 22.2 Å². The third-order valence-corrected chi connectivity index (χ3v) is 9.18. The van der Waals surface area contributed by atoms with Gasteiger partial charge in [-0.25, -0.2) is 14.6 Å². The minimum atomic E-state index is -1.28. The average Bonchev–Trinajstić information content (AvgIpc) is 3.90. The second-order valence-corrected chi connectivity index (χ2v) is 11.9. The molecule has 0 radical (unpaired) electrons. The van der Waals surface area contributed by atoms with E-state index in [0.717, 1.165) is 16.7 Å². The van der Waals surface area contributed by atoms with Crippen LogP contribution in [0.1, 0.15) is 35.6 Å². The quantitative estimate of drug-likeness (QED) is 0.195. The average molecular weight is 672 g/mol. The van der Waals surface area contributed by atoms with Crippen molar-refractivity contribution in [1.82, 2.24) is 34.5 Å². The lowest BCUT2D eigenvalue weighted by atomic mass is 9.79. The van der Waals surface area contributed by atoms with E-state index >= 15 is 0 Å². The minimum Gasteiger partial charge on any atom is -0.497 e. The predicted molar refractivity (Wildman–Crippen MR) is 183 cm³/mol. The van der Waals surface area contributed by atoms with Gasteiger partial charge in [-0.3, -0.25) is 9.36 Å². The van der Waals surface area contributed by atoms with E-state index in [2.05, 4.69) is 25.3 Å². The first kappa shape index (κ1) is 31.4. The van der Waals surface area contributed by atoms with Crippen LogP contribution in [0.15, 0.2) is 121 Å². The number of hydrogen-bond donors (Lipinski definition) is 2. The fraction of sp³-hybridized carbons (Fsp3) is 0.216. The summed E-state index contributed by atoms with van der Waals surface area (Å²) in [4.78, 5) is 23.6. The topological polar surface area (TPSA) is 151 Å². The Morgan fingerprint density at radius 2 is 1.50 bits per heavy atom. The molecule has 0 saturated carbocycles. The largest absolute Gasteiger partial charge is 0.497 e. The van der Waals surface area contributed by atoms with Crippen LogP contribution in [-0.4, -0.2) is 66.0 Å². The Morgan fingerprint density at radius 1 is 0.860 bits per heavy atom. The Morgan fingerprint density at radius 3 is 2.18 bits per heavy atom. The molecule has 2 N–H and O–H groups in total. The fourth-order valence-corrected chi connectivity index (χ4v) is 6.72. The number of rotatable bonds is 10. The molecule has 0 amide bonds. The number of nitrogens with one attached hydrogen (secondary N) is 1. The van der Waals surface area contributed by atoms with Gasteiger partial charge >= 0.3 is 0 Å². The molecular weight excluding hydrogens is 638 g/mol. The Labute approximate surface area is 285 Å². The van der Waals surface area contributed by atoms with Crippen molar-refractivity contribution in [2.45, 2.75) is 36.7 Å². The zero-order chi connectivity index (χ0) is 34.2. The van der Waals surface area contributed by atoms with Crippen LogP contribution in [0.2, 0.25) is 0 Å². The van der Waals surface area contributed by atoms with Crippen molar-refractivity contribution in [2.75, 3.05) is 14.2 Å². The van der Waals surface area contributed by atoms with E-state index in [1.54, 1.807) is 23.5 Å². The van der Waals surface area contributed by atoms with Gasteiger partial charge in [-0.2, -0.15) is 0 Å². The molecule has 1 unspecified atom stereocenters. The maximum Gasteiger partial charge on any atom is 0.278 e. The Hall–Kier alpha value is -5.89. The molecule has 1 aliphatic heterocycles. The van der Waals surface area contributed by atoms with E-state index in [-0.39, 0.29) is 17.5 Å². The van der Waals surface area contributed by atoms with Crippen molar-refractivity contribution >= 4 is 22.2 Å². The SMILES string of the molecule is COc1ccc(C(OC([C@H]2O[C@@H](n3cnc4c(=O)[nH]cnc43)C[C@@H]2O)n2nnc3ccccc32)(c2ccccc2)c2ccc(OC)cc2)cc1. The van der Waals surface area contributed by atoms with Crippen molar-refractivity contribution < 1.29 is 24.1 Å². The zero-order valence-corrected chi connectivity index (χ0v) is 27.2. The molecular formula is C37H33N7O6. The molecule has 13 nitrogen and oxygen atoms in total. The van der Waals surface area contributed by atoms with Crippen LogP contribution in [0.3, 0.4) is 0 Å². The number of fused-ring (bicyclic) bond motifs is 2. The molecule has 252 valence electrons. The van der Waals surface area contributed by atoms with Crippen molar-refractivity contribution in [3.8, 4) is 11.5 Å². The first-order valence-corrected chi connectivity index (χ1v) is 16.1. The monoisotopic (exact) mass is 671 g/mol. The lowest BCUT2D eigenvalue weighted by Crippen LogP contribution is -2.42. The molecule has 4 aromatic carbocycles. The molecule has 50 heavy (non-hydrogen) atoms. The molecule has 1 saturated heterocycles. The number of aliphatic hydroxyl groups is 1.